The molecule has 0 aliphatic rings. The third kappa shape index (κ3) is 2.93. The predicted molar refractivity (Wildman–Crippen MR) is 42.8 cm³/mol. The first kappa shape index (κ1) is 9.23. The molecule has 8 heteroatoms. The van der Waals surface area contributed by atoms with Crippen molar-refractivity contribution in [1.82, 2.24) is 20.2 Å². The van der Waals surface area contributed by atoms with Crippen molar-refractivity contribution in [2.75, 3.05) is 18.5 Å². The molecular formula is C5H10N6O2. The van der Waals surface area contributed by atoms with Crippen molar-refractivity contribution in [3.63, 3.8) is 0 Å². The summed E-state index contributed by atoms with van der Waals surface area (Å²) >= 11 is 0. The van der Waals surface area contributed by atoms with Gasteiger partial charge in [0.05, 0.1) is 6.54 Å². The molecule has 1 amide bonds. The molecule has 1 heterocycles. The van der Waals surface area contributed by atoms with Crippen LogP contribution < -0.4 is 11.1 Å². The van der Waals surface area contributed by atoms with Gasteiger partial charge in [-0.1, -0.05) is 5.10 Å². The van der Waals surface area contributed by atoms with Gasteiger partial charge in [-0.25, -0.2) is 9.48 Å². The van der Waals surface area contributed by atoms with Gasteiger partial charge < -0.3 is 15.8 Å². The summed E-state index contributed by atoms with van der Waals surface area (Å²) in [6, 6.07) is 0. The fourth-order valence-corrected chi connectivity index (χ4v) is 0.694. The number of nitrogens with two attached hydrogens (primary N) is 1. The van der Waals surface area contributed by atoms with E-state index in [9.17, 15) is 4.79 Å². The van der Waals surface area contributed by atoms with Crippen LogP contribution in [-0.4, -0.2) is 39.5 Å². The van der Waals surface area contributed by atoms with Gasteiger partial charge in [0.15, 0.2) is 0 Å². The number of aryl methyl sites for hydroxylation is 1. The highest BCUT2D eigenvalue weighted by molar-refractivity contribution is 5.64. The number of anilines is 1. The van der Waals surface area contributed by atoms with E-state index in [1.165, 1.54) is 4.68 Å². The molecule has 0 unspecified atom stereocenters. The Labute approximate surface area is 74.0 Å². The standard InChI is InChI=1S/C5H10N6O2/c1-11-5(8-9-10-11)7-2-3-13-4(6)12/h2-3H2,1H3,(H2,6,12)(H,7,8,10). The SMILES string of the molecule is Cn1nnnc1NCCOC(N)=O. The number of primary amides is 1. The maximum Gasteiger partial charge on any atom is 0.404 e. The lowest BCUT2D eigenvalue weighted by molar-refractivity contribution is 0.161. The second-order valence-corrected chi connectivity index (χ2v) is 2.22. The Morgan fingerprint density at radius 1 is 1.77 bits per heavy atom. The van der Waals surface area contributed by atoms with Crippen LogP contribution in [0.5, 0.6) is 0 Å². The first-order valence-corrected chi connectivity index (χ1v) is 3.58. The molecule has 72 valence electrons. The highest BCUT2D eigenvalue weighted by Gasteiger charge is 1.99. The van der Waals surface area contributed by atoms with E-state index < -0.39 is 6.09 Å². The van der Waals surface area contributed by atoms with Crippen LogP contribution in [-0.2, 0) is 11.8 Å². The Balaban J connectivity index is 2.20. The van der Waals surface area contributed by atoms with Gasteiger partial charge in [-0.3, -0.25) is 0 Å². The average molecular weight is 186 g/mol. The molecule has 0 aromatic carbocycles. The lowest BCUT2D eigenvalue weighted by atomic mass is 10.7. The first-order chi connectivity index (χ1) is 6.20. The third-order valence-corrected chi connectivity index (χ3v) is 1.25. The van der Waals surface area contributed by atoms with Gasteiger partial charge >= 0.3 is 6.09 Å². The van der Waals surface area contributed by atoms with Crippen molar-refractivity contribution < 1.29 is 9.53 Å². The number of rotatable bonds is 4. The van der Waals surface area contributed by atoms with E-state index in [0.717, 1.165) is 0 Å². The molecule has 0 fully saturated rings. The van der Waals surface area contributed by atoms with Crippen LogP contribution in [0.1, 0.15) is 0 Å². The van der Waals surface area contributed by atoms with Gasteiger partial charge in [0.25, 0.3) is 0 Å². The lowest BCUT2D eigenvalue weighted by Gasteiger charge is -2.03. The van der Waals surface area contributed by atoms with E-state index in [1.54, 1.807) is 7.05 Å². The Morgan fingerprint density at radius 2 is 2.54 bits per heavy atom. The van der Waals surface area contributed by atoms with Crippen LogP contribution in [0.4, 0.5) is 10.7 Å². The Morgan fingerprint density at radius 3 is 3.08 bits per heavy atom. The summed E-state index contributed by atoms with van der Waals surface area (Å²) in [6.45, 7) is 0.597. The van der Waals surface area contributed by atoms with Gasteiger partial charge in [0.1, 0.15) is 6.61 Å². The number of aromatic nitrogens is 4. The summed E-state index contributed by atoms with van der Waals surface area (Å²) in [5.41, 5.74) is 4.75. The molecule has 0 atom stereocenters. The second kappa shape index (κ2) is 4.24. The average Bonchev–Trinajstić information content (AvgIpc) is 2.45. The monoisotopic (exact) mass is 186 g/mol. The molecule has 0 radical (unpaired) electrons. The number of tetrazole rings is 1. The molecule has 3 N–H and O–H groups in total. The zero-order chi connectivity index (χ0) is 9.68. The minimum absolute atomic E-state index is 0.183. The highest BCUT2D eigenvalue weighted by atomic mass is 16.5. The molecule has 0 saturated carbocycles. The van der Waals surface area contributed by atoms with Crippen molar-refractivity contribution in [1.29, 1.82) is 0 Å². The van der Waals surface area contributed by atoms with E-state index >= 15 is 0 Å². The zero-order valence-electron chi connectivity index (χ0n) is 7.10. The number of carbonyl (C=O) groups is 1. The van der Waals surface area contributed by atoms with Crippen molar-refractivity contribution in [2.24, 2.45) is 12.8 Å². The van der Waals surface area contributed by atoms with Crippen molar-refractivity contribution in [3.05, 3.63) is 0 Å². The van der Waals surface area contributed by atoms with E-state index in [1.807, 2.05) is 0 Å². The van der Waals surface area contributed by atoms with E-state index in [0.29, 0.717) is 12.5 Å². The number of carbonyl (C=O) groups excluding carboxylic acids is 1. The van der Waals surface area contributed by atoms with Crippen LogP contribution >= 0.6 is 0 Å². The van der Waals surface area contributed by atoms with Crippen LogP contribution in [0.2, 0.25) is 0 Å². The molecule has 0 aliphatic heterocycles. The zero-order valence-corrected chi connectivity index (χ0v) is 7.10. The van der Waals surface area contributed by atoms with Gasteiger partial charge in [0.2, 0.25) is 5.95 Å². The van der Waals surface area contributed by atoms with Crippen molar-refractivity contribution in [3.8, 4) is 0 Å². The number of nitrogens with one attached hydrogen (secondary N) is 1. The van der Waals surface area contributed by atoms with E-state index in [2.05, 4.69) is 25.6 Å². The number of hydrogen-bond acceptors (Lipinski definition) is 6. The summed E-state index contributed by atoms with van der Waals surface area (Å²) < 4.78 is 5.94. The van der Waals surface area contributed by atoms with Gasteiger partial charge in [-0.2, -0.15) is 0 Å². The quantitative estimate of drug-likeness (QED) is 0.567. The largest absolute Gasteiger partial charge is 0.448 e. The lowest BCUT2D eigenvalue weighted by Crippen LogP contribution is -2.19. The molecule has 0 saturated heterocycles. The Kier molecular flexibility index (Phi) is 3.01. The summed E-state index contributed by atoms with van der Waals surface area (Å²) in [5, 5.41) is 13.5. The molecular weight excluding hydrogens is 176 g/mol. The van der Waals surface area contributed by atoms with Crippen LogP contribution in [0.25, 0.3) is 0 Å². The molecule has 1 aromatic rings. The highest BCUT2D eigenvalue weighted by Crippen LogP contribution is 1.93. The normalized spacial score (nSPS) is 9.62. The number of hydrogen-bond donors (Lipinski definition) is 2. The van der Waals surface area contributed by atoms with Crippen LogP contribution in [0.15, 0.2) is 0 Å². The van der Waals surface area contributed by atoms with Crippen LogP contribution in [0, 0.1) is 0 Å². The number of nitrogens with zero attached hydrogens (tertiary/aromatic N) is 4. The fraction of sp³-hybridized carbons (Fsp3) is 0.600. The Hall–Kier alpha value is -1.86. The Bertz CT molecular complexity index is 284. The maximum absolute atomic E-state index is 10.2. The number of ether oxygens (including phenoxy) is 1. The topological polar surface area (TPSA) is 108 Å². The molecule has 1 aromatic heterocycles. The molecule has 0 bridgehead atoms. The molecule has 0 aliphatic carbocycles. The van der Waals surface area contributed by atoms with Gasteiger partial charge in [-0.15, -0.1) is 0 Å². The molecule has 0 spiro atoms. The number of amides is 1. The smallest absolute Gasteiger partial charge is 0.404 e. The minimum Gasteiger partial charge on any atom is -0.448 e. The van der Waals surface area contributed by atoms with Gasteiger partial charge in [-0.05, 0) is 10.4 Å². The summed E-state index contributed by atoms with van der Waals surface area (Å²) in [7, 11) is 1.69. The molecule has 1 rings (SSSR count). The minimum atomic E-state index is -0.794. The summed E-state index contributed by atoms with van der Waals surface area (Å²) in [5.74, 6) is 0.507. The van der Waals surface area contributed by atoms with Crippen LogP contribution in [0.3, 0.4) is 0 Å². The summed E-state index contributed by atoms with van der Waals surface area (Å²) in [4.78, 5) is 10.2. The van der Waals surface area contributed by atoms with Gasteiger partial charge in [0, 0.05) is 7.05 Å². The van der Waals surface area contributed by atoms with Crippen molar-refractivity contribution >= 4 is 12.0 Å². The van der Waals surface area contributed by atoms with E-state index in [-0.39, 0.29) is 6.61 Å². The fourth-order valence-electron chi connectivity index (χ4n) is 0.694. The molecule has 8 nitrogen and oxygen atoms in total. The maximum atomic E-state index is 10.2. The third-order valence-electron chi connectivity index (χ3n) is 1.25. The van der Waals surface area contributed by atoms with E-state index in [4.69, 9.17) is 5.73 Å². The van der Waals surface area contributed by atoms with Crippen molar-refractivity contribution in [2.45, 2.75) is 0 Å². The second-order valence-electron chi connectivity index (χ2n) is 2.22. The molecule has 13 heavy (non-hydrogen) atoms. The summed E-state index contributed by atoms with van der Waals surface area (Å²) in [6.07, 6.45) is -0.794. The predicted octanol–water partition coefficient (Wildman–Crippen LogP) is -1.28. The first-order valence-electron chi connectivity index (χ1n) is 3.58.